The maximum Gasteiger partial charge on any atom is 0.244 e. The lowest BCUT2D eigenvalue weighted by Gasteiger charge is -2.14. The minimum Gasteiger partial charge on any atom is -0.493 e. The third-order valence-electron chi connectivity index (χ3n) is 4.12. The van der Waals surface area contributed by atoms with E-state index in [-0.39, 0.29) is 5.91 Å². The number of aryl methyl sites for hydroxylation is 2. The van der Waals surface area contributed by atoms with E-state index in [2.05, 4.69) is 5.32 Å². The Morgan fingerprint density at radius 3 is 2.80 bits per heavy atom. The topological polar surface area (TPSA) is 60.7 Å². The van der Waals surface area contributed by atoms with E-state index in [9.17, 15) is 4.79 Å². The Labute approximate surface area is 149 Å². The van der Waals surface area contributed by atoms with Crippen molar-refractivity contribution >= 4 is 22.4 Å². The number of ether oxygens (including phenoxy) is 2. The molecule has 1 N–H and O–H groups in total. The number of carbonyl (C=O) groups excluding carboxylic acids is 1. The molecule has 0 aliphatic heterocycles. The lowest BCUT2D eigenvalue weighted by atomic mass is 9.98. The molecule has 1 aromatic carbocycles. The molecule has 0 saturated heterocycles. The fraction of sp³-hybridized carbons (Fsp3) is 0.450. The summed E-state index contributed by atoms with van der Waals surface area (Å²) in [7, 11) is 1.65. The minimum atomic E-state index is -0.113. The molecule has 1 heterocycles. The molecule has 2 rings (SSSR count). The summed E-state index contributed by atoms with van der Waals surface area (Å²) in [5.74, 6) is 0.656. The Morgan fingerprint density at radius 1 is 1.36 bits per heavy atom. The van der Waals surface area contributed by atoms with Crippen LogP contribution < -0.4 is 10.1 Å². The number of amides is 1. The highest BCUT2D eigenvalue weighted by Gasteiger charge is 2.17. The molecule has 0 saturated carbocycles. The normalized spacial score (nSPS) is 11.8. The molecule has 0 spiro atoms. The smallest absolute Gasteiger partial charge is 0.244 e. The zero-order chi connectivity index (χ0) is 18.4. The van der Waals surface area contributed by atoms with Gasteiger partial charge in [-0.3, -0.25) is 4.79 Å². The van der Waals surface area contributed by atoms with Gasteiger partial charge in [-0.15, -0.1) is 0 Å². The molecule has 5 nitrogen and oxygen atoms in total. The summed E-state index contributed by atoms with van der Waals surface area (Å²) in [6.45, 7) is 9.64. The van der Waals surface area contributed by atoms with Gasteiger partial charge in [-0.2, -0.15) is 0 Å². The first-order chi connectivity index (χ1) is 12.0. The van der Waals surface area contributed by atoms with Crippen molar-refractivity contribution in [2.24, 2.45) is 0 Å². The summed E-state index contributed by atoms with van der Waals surface area (Å²) < 4.78 is 16.5. The summed E-state index contributed by atoms with van der Waals surface area (Å²) in [5, 5.41) is 3.92. The minimum absolute atomic E-state index is 0.113. The number of hydrogen-bond donors (Lipinski definition) is 1. The van der Waals surface area contributed by atoms with E-state index in [1.165, 1.54) is 0 Å². The molecule has 0 fully saturated rings. The SMILES string of the molecule is CCOc1c(/C(C)=C/C(=O)NCCCOC)cc2c(C)coc2c1C. The van der Waals surface area contributed by atoms with E-state index >= 15 is 0 Å². The number of carbonyl (C=O) groups is 1. The van der Waals surface area contributed by atoms with Crippen LogP contribution in [0.5, 0.6) is 5.75 Å². The van der Waals surface area contributed by atoms with Gasteiger partial charge >= 0.3 is 0 Å². The predicted octanol–water partition coefficient (Wildman–Crippen LogP) is 4.00. The molecular weight excluding hydrogens is 318 g/mol. The van der Waals surface area contributed by atoms with E-state index in [1.807, 2.05) is 33.8 Å². The largest absolute Gasteiger partial charge is 0.493 e. The van der Waals surface area contributed by atoms with Gasteiger partial charge in [0.1, 0.15) is 11.3 Å². The number of furan rings is 1. The van der Waals surface area contributed by atoms with Gasteiger partial charge in [-0.1, -0.05) is 0 Å². The van der Waals surface area contributed by atoms with Crippen LogP contribution in [0.15, 0.2) is 22.8 Å². The molecule has 1 aromatic heterocycles. The van der Waals surface area contributed by atoms with Crippen molar-refractivity contribution in [1.82, 2.24) is 5.32 Å². The summed E-state index contributed by atoms with van der Waals surface area (Å²) in [6, 6.07) is 2.04. The fourth-order valence-electron chi connectivity index (χ4n) is 2.81. The van der Waals surface area contributed by atoms with Crippen molar-refractivity contribution in [2.45, 2.75) is 34.1 Å². The summed E-state index contributed by atoms with van der Waals surface area (Å²) in [6.07, 6.45) is 4.16. The first-order valence-electron chi connectivity index (χ1n) is 8.59. The van der Waals surface area contributed by atoms with E-state index in [1.54, 1.807) is 19.4 Å². The van der Waals surface area contributed by atoms with Crippen LogP contribution in [0.1, 0.15) is 37.0 Å². The number of allylic oxidation sites excluding steroid dienone is 1. The van der Waals surface area contributed by atoms with E-state index < -0.39 is 0 Å². The van der Waals surface area contributed by atoms with Crippen molar-refractivity contribution < 1.29 is 18.7 Å². The van der Waals surface area contributed by atoms with Gasteiger partial charge in [0.2, 0.25) is 5.91 Å². The molecule has 0 aliphatic carbocycles. The van der Waals surface area contributed by atoms with E-state index in [0.29, 0.717) is 19.8 Å². The van der Waals surface area contributed by atoms with E-state index in [4.69, 9.17) is 13.9 Å². The van der Waals surface area contributed by atoms with Gasteiger partial charge in [-0.05, 0) is 51.3 Å². The van der Waals surface area contributed by atoms with Crippen LogP contribution in [-0.4, -0.2) is 32.8 Å². The van der Waals surface area contributed by atoms with Gasteiger partial charge in [0.25, 0.3) is 0 Å². The van der Waals surface area contributed by atoms with Crippen LogP contribution in [0.25, 0.3) is 16.5 Å². The second-order valence-electron chi connectivity index (χ2n) is 6.07. The summed E-state index contributed by atoms with van der Waals surface area (Å²) in [4.78, 5) is 12.1. The molecule has 0 atom stereocenters. The molecule has 0 unspecified atom stereocenters. The Hall–Kier alpha value is -2.27. The highest BCUT2D eigenvalue weighted by molar-refractivity contribution is 5.98. The molecule has 0 radical (unpaired) electrons. The van der Waals surface area contributed by atoms with E-state index in [0.717, 1.165) is 45.4 Å². The Kier molecular flexibility index (Phi) is 6.65. The monoisotopic (exact) mass is 345 g/mol. The number of nitrogens with one attached hydrogen (secondary N) is 1. The zero-order valence-corrected chi connectivity index (χ0v) is 15.7. The zero-order valence-electron chi connectivity index (χ0n) is 15.7. The van der Waals surface area contributed by atoms with Crippen LogP contribution in [0.3, 0.4) is 0 Å². The molecule has 0 aliphatic rings. The van der Waals surface area contributed by atoms with Crippen LogP contribution in [-0.2, 0) is 9.53 Å². The Balaban J connectivity index is 2.33. The maximum atomic E-state index is 12.1. The second-order valence-corrected chi connectivity index (χ2v) is 6.07. The quantitative estimate of drug-likeness (QED) is 0.580. The summed E-state index contributed by atoms with van der Waals surface area (Å²) in [5.41, 5.74) is 4.64. The van der Waals surface area contributed by atoms with Crippen molar-refractivity contribution in [3.63, 3.8) is 0 Å². The number of fused-ring (bicyclic) bond motifs is 1. The van der Waals surface area contributed by atoms with Crippen molar-refractivity contribution in [3.05, 3.63) is 35.1 Å². The number of rotatable bonds is 8. The Bertz CT molecular complexity index is 774. The molecule has 136 valence electrons. The third kappa shape index (κ3) is 4.42. The number of methoxy groups -OCH3 is 1. The van der Waals surface area contributed by atoms with Crippen molar-refractivity contribution in [3.8, 4) is 5.75 Å². The second kappa shape index (κ2) is 8.72. The van der Waals surface area contributed by atoms with Gasteiger partial charge in [-0.25, -0.2) is 0 Å². The van der Waals surface area contributed by atoms with Gasteiger partial charge in [0.05, 0.1) is 12.9 Å². The average molecular weight is 345 g/mol. The molecule has 25 heavy (non-hydrogen) atoms. The third-order valence-corrected chi connectivity index (χ3v) is 4.12. The number of benzene rings is 1. The van der Waals surface area contributed by atoms with Crippen molar-refractivity contribution in [2.75, 3.05) is 26.9 Å². The van der Waals surface area contributed by atoms with Gasteiger partial charge in [0, 0.05) is 42.9 Å². The first kappa shape index (κ1) is 19.1. The maximum absolute atomic E-state index is 12.1. The molecule has 1 amide bonds. The highest BCUT2D eigenvalue weighted by Crippen LogP contribution is 2.37. The highest BCUT2D eigenvalue weighted by atomic mass is 16.5. The Morgan fingerprint density at radius 2 is 2.12 bits per heavy atom. The van der Waals surface area contributed by atoms with Crippen LogP contribution in [0.4, 0.5) is 0 Å². The molecule has 2 aromatic rings. The van der Waals surface area contributed by atoms with Crippen molar-refractivity contribution in [1.29, 1.82) is 0 Å². The lowest BCUT2D eigenvalue weighted by molar-refractivity contribution is -0.116. The lowest BCUT2D eigenvalue weighted by Crippen LogP contribution is -2.23. The average Bonchev–Trinajstić information content (AvgIpc) is 2.95. The van der Waals surface area contributed by atoms with Crippen LogP contribution in [0, 0.1) is 13.8 Å². The van der Waals surface area contributed by atoms with Crippen LogP contribution in [0.2, 0.25) is 0 Å². The predicted molar refractivity (Wildman–Crippen MR) is 100 cm³/mol. The molecule has 0 bridgehead atoms. The van der Waals surface area contributed by atoms with Crippen LogP contribution >= 0.6 is 0 Å². The molecular formula is C20H27NO4. The number of hydrogen-bond acceptors (Lipinski definition) is 4. The fourth-order valence-corrected chi connectivity index (χ4v) is 2.81. The summed E-state index contributed by atoms with van der Waals surface area (Å²) >= 11 is 0. The molecule has 5 heteroatoms. The van der Waals surface area contributed by atoms with Gasteiger partial charge in [0.15, 0.2) is 0 Å². The van der Waals surface area contributed by atoms with Gasteiger partial charge < -0.3 is 19.2 Å². The first-order valence-corrected chi connectivity index (χ1v) is 8.59. The standard InChI is InChI=1S/C20H27NO4/c1-6-24-19-15(4)20-17(14(3)12-25-20)11-16(19)13(2)10-18(22)21-8-7-9-23-5/h10-12H,6-9H2,1-5H3,(H,21,22)/b13-10+.